The molecule has 2 aromatic rings. The number of nitrogens with zero attached hydrogens (tertiary/aromatic N) is 1. The maximum atomic E-state index is 12.8. The number of carbonyl (C=O) groups is 2. The summed E-state index contributed by atoms with van der Waals surface area (Å²) in [6.07, 6.45) is 0. The highest BCUT2D eigenvalue weighted by molar-refractivity contribution is 7.13. The zero-order chi connectivity index (χ0) is 18.7. The van der Waals surface area contributed by atoms with E-state index in [2.05, 4.69) is 10.3 Å². The lowest BCUT2D eigenvalue weighted by molar-refractivity contribution is -0.124. The van der Waals surface area contributed by atoms with Gasteiger partial charge in [0.2, 0.25) is 5.91 Å². The number of carboxylic acid groups (broad SMARTS) is 1. The lowest BCUT2D eigenvalue weighted by Crippen LogP contribution is -2.34. The van der Waals surface area contributed by atoms with Gasteiger partial charge < -0.3 is 10.4 Å². The zero-order valence-corrected chi connectivity index (χ0v) is 16.1. The Balaban J connectivity index is 2.20. The molecule has 0 aliphatic rings. The standard InChI is InChI=1S/C18H21ClN2O3S/c1-9(2)14(12-6-5-7-13(19)8-12)16(22)20-11(4)17-21-10(3)15(25-17)18(23)24/h5-9,11,14H,1-4H3,(H,20,22)(H,23,24). The van der Waals surface area contributed by atoms with E-state index < -0.39 is 5.97 Å². The van der Waals surface area contributed by atoms with Crippen molar-refractivity contribution in [1.82, 2.24) is 10.3 Å². The molecular formula is C18H21ClN2O3S. The van der Waals surface area contributed by atoms with Crippen LogP contribution in [-0.4, -0.2) is 22.0 Å². The van der Waals surface area contributed by atoms with Crippen LogP contribution >= 0.6 is 22.9 Å². The number of benzene rings is 1. The van der Waals surface area contributed by atoms with Gasteiger partial charge in [0.05, 0.1) is 17.7 Å². The molecule has 1 aromatic heterocycles. The van der Waals surface area contributed by atoms with Crippen molar-refractivity contribution in [3.05, 3.63) is 50.4 Å². The topological polar surface area (TPSA) is 79.3 Å². The fourth-order valence-corrected chi connectivity index (χ4v) is 3.81. The number of carboxylic acids is 1. The first-order valence-corrected chi connectivity index (χ1v) is 9.16. The first kappa shape index (κ1) is 19.4. The summed E-state index contributed by atoms with van der Waals surface area (Å²) in [7, 11) is 0. The largest absolute Gasteiger partial charge is 0.477 e. The Kier molecular flexibility index (Phi) is 6.19. The third-order valence-corrected chi connectivity index (χ3v) is 5.46. The van der Waals surface area contributed by atoms with Crippen molar-refractivity contribution in [3.8, 4) is 0 Å². The lowest BCUT2D eigenvalue weighted by Gasteiger charge is -2.23. The van der Waals surface area contributed by atoms with Crippen LogP contribution in [-0.2, 0) is 4.79 Å². The first-order chi connectivity index (χ1) is 11.7. The molecule has 1 aromatic carbocycles. The van der Waals surface area contributed by atoms with Crippen molar-refractivity contribution in [1.29, 1.82) is 0 Å². The molecule has 0 fully saturated rings. The maximum absolute atomic E-state index is 12.8. The van der Waals surface area contributed by atoms with E-state index in [1.807, 2.05) is 26.0 Å². The van der Waals surface area contributed by atoms with E-state index in [1.165, 1.54) is 0 Å². The molecule has 0 spiro atoms. The summed E-state index contributed by atoms with van der Waals surface area (Å²) < 4.78 is 0. The second-order valence-electron chi connectivity index (χ2n) is 6.28. The molecule has 0 radical (unpaired) electrons. The normalized spacial score (nSPS) is 13.5. The second kappa shape index (κ2) is 7.97. The van der Waals surface area contributed by atoms with E-state index >= 15 is 0 Å². The fourth-order valence-electron chi connectivity index (χ4n) is 2.70. The predicted molar refractivity (Wildman–Crippen MR) is 99.4 cm³/mol. The van der Waals surface area contributed by atoms with Gasteiger partial charge in [-0.25, -0.2) is 9.78 Å². The van der Waals surface area contributed by atoms with Crippen LogP contribution in [0.25, 0.3) is 0 Å². The van der Waals surface area contributed by atoms with Gasteiger partial charge in [-0.05, 0) is 37.5 Å². The van der Waals surface area contributed by atoms with E-state index in [1.54, 1.807) is 26.0 Å². The average molecular weight is 381 g/mol. The molecule has 2 unspecified atom stereocenters. The number of hydrogen-bond acceptors (Lipinski definition) is 4. The number of thiazole rings is 1. The molecule has 134 valence electrons. The number of nitrogens with one attached hydrogen (secondary N) is 1. The van der Waals surface area contributed by atoms with Gasteiger partial charge >= 0.3 is 5.97 Å². The number of aromatic carboxylic acids is 1. The molecule has 2 rings (SSSR count). The summed E-state index contributed by atoms with van der Waals surface area (Å²) in [4.78, 5) is 28.5. The molecule has 7 heteroatoms. The molecule has 0 bridgehead atoms. The summed E-state index contributed by atoms with van der Waals surface area (Å²) in [5, 5.41) is 13.3. The van der Waals surface area contributed by atoms with Crippen molar-refractivity contribution in [2.75, 3.05) is 0 Å². The van der Waals surface area contributed by atoms with Crippen molar-refractivity contribution in [2.24, 2.45) is 5.92 Å². The number of hydrogen-bond donors (Lipinski definition) is 2. The molecular weight excluding hydrogens is 360 g/mol. The van der Waals surface area contributed by atoms with Crippen molar-refractivity contribution >= 4 is 34.8 Å². The van der Waals surface area contributed by atoms with Crippen LogP contribution in [0.5, 0.6) is 0 Å². The highest BCUT2D eigenvalue weighted by Gasteiger charge is 2.27. The summed E-state index contributed by atoms with van der Waals surface area (Å²) in [6, 6.07) is 6.91. The Morgan fingerprint density at radius 3 is 2.48 bits per heavy atom. The molecule has 0 aliphatic heterocycles. The van der Waals surface area contributed by atoms with Gasteiger partial charge in [0, 0.05) is 5.02 Å². The van der Waals surface area contributed by atoms with Gasteiger partial charge in [-0.1, -0.05) is 37.6 Å². The van der Waals surface area contributed by atoms with Crippen molar-refractivity contribution < 1.29 is 14.7 Å². The van der Waals surface area contributed by atoms with Crippen molar-refractivity contribution in [2.45, 2.75) is 39.7 Å². The molecule has 1 amide bonds. The van der Waals surface area contributed by atoms with E-state index in [-0.39, 0.29) is 28.7 Å². The zero-order valence-electron chi connectivity index (χ0n) is 14.5. The van der Waals surface area contributed by atoms with Crippen molar-refractivity contribution in [3.63, 3.8) is 0 Å². The Labute approximate surface area is 156 Å². The van der Waals surface area contributed by atoms with Crippen LogP contribution < -0.4 is 5.32 Å². The molecule has 0 saturated heterocycles. The monoisotopic (exact) mass is 380 g/mol. The van der Waals surface area contributed by atoms with Crippen LogP contribution in [0.4, 0.5) is 0 Å². The summed E-state index contributed by atoms with van der Waals surface area (Å²) in [6.45, 7) is 7.41. The highest BCUT2D eigenvalue weighted by Crippen LogP contribution is 2.29. The van der Waals surface area contributed by atoms with Gasteiger partial charge in [-0.2, -0.15) is 0 Å². The Hall–Kier alpha value is -1.92. The van der Waals surface area contributed by atoms with Gasteiger partial charge in [0.25, 0.3) is 0 Å². The molecule has 25 heavy (non-hydrogen) atoms. The summed E-state index contributed by atoms with van der Waals surface area (Å²) in [5.74, 6) is -1.40. The van der Waals surface area contributed by atoms with Gasteiger partial charge in [0.1, 0.15) is 9.88 Å². The fraction of sp³-hybridized carbons (Fsp3) is 0.389. The van der Waals surface area contributed by atoms with Gasteiger partial charge in [-0.15, -0.1) is 11.3 Å². The minimum absolute atomic E-state index is 0.0817. The Morgan fingerprint density at radius 1 is 1.28 bits per heavy atom. The van der Waals surface area contributed by atoms with E-state index in [0.29, 0.717) is 15.7 Å². The number of rotatable bonds is 6. The number of aryl methyl sites for hydroxylation is 1. The smallest absolute Gasteiger partial charge is 0.347 e. The summed E-state index contributed by atoms with van der Waals surface area (Å²) in [5.41, 5.74) is 1.32. The second-order valence-corrected chi connectivity index (χ2v) is 7.75. The van der Waals surface area contributed by atoms with Gasteiger partial charge in [0.15, 0.2) is 0 Å². The minimum Gasteiger partial charge on any atom is -0.477 e. The van der Waals surface area contributed by atoms with E-state index in [9.17, 15) is 9.59 Å². The first-order valence-electron chi connectivity index (χ1n) is 7.97. The third-order valence-electron chi connectivity index (χ3n) is 3.89. The van der Waals surface area contributed by atoms with Gasteiger partial charge in [-0.3, -0.25) is 4.79 Å². The molecule has 1 heterocycles. The van der Waals surface area contributed by atoms with E-state index in [4.69, 9.17) is 16.7 Å². The number of carbonyl (C=O) groups excluding carboxylic acids is 1. The molecule has 0 saturated carbocycles. The summed E-state index contributed by atoms with van der Waals surface area (Å²) >= 11 is 7.14. The third kappa shape index (κ3) is 4.58. The van der Waals surface area contributed by atoms with Crippen LogP contribution in [0.15, 0.2) is 24.3 Å². The molecule has 5 nitrogen and oxygen atoms in total. The maximum Gasteiger partial charge on any atom is 0.347 e. The van der Waals surface area contributed by atoms with E-state index in [0.717, 1.165) is 16.9 Å². The predicted octanol–water partition coefficient (Wildman–Crippen LogP) is 4.42. The lowest BCUT2D eigenvalue weighted by atomic mass is 9.87. The number of aromatic nitrogens is 1. The number of amides is 1. The Bertz CT molecular complexity index is 788. The van der Waals surface area contributed by atoms with Crippen LogP contribution in [0.2, 0.25) is 5.02 Å². The Morgan fingerprint density at radius 2 is 1.96 bits per heavy atom. The number of halogens is 1. The quantitative estimate of drug-likeness (QED) is 0.777. The molecule has 0 aliphatic carbocycles. The minimum atomic E-state index is -1.00. The van der Waals surface area contributed by atoms with Crippen LogP contribution in [0.3, 0.4) is 0 Å². The van der Waals surface area contributed by atoms with Crippen LogP contribution in [0.1, 0.15) is 58.7 Å². The molecule has 2 N–H and O–H groups in total. The van der Waals surface area contributed by atoms with Crippen LogP contribution in [0, 0.1) is 12.8 Å². The SMILES string of the molecule is Cc1nc(C(C)NC(=O)C(c2cccc(Cl)c2)C(C)C)sc1C(=O)O. The highest BCUT2D eigenvalue weighted by atomic mass is 35.5. The average Bonchev–Trinajstić information content (AvgIpc) is 2.89. The molecule has 2 atom stereocenters.